The average molecular weight is 461 g/mol. The van der Waals surface area contributed by atoms with E-state index in [0.717, 1.165) is 39.3 Å². The molecule has 0 saturated carbocycles. The van der Waals surface area contributed by atoms with Crippen LogP contribution in [0.5, 0.6) is 0 Å². The Balaban J connectivity index is 3.57. The van der Waals surface area contributed by atoms with Crippen molar-refractivity contribution in [1.29, 1.82) is 0 Å². The van der Waals surface area contributed by atoms with Crippen molar-refractivity contribution in [1.82, 2.24) is 4.98 Å². The number of pyridine rings is 1. The summed E-state index contributed by atoms with van der Waals surface area (Å²) in [5, 5.41) is 0. The fourth-order valence-electron chi connectivity index (χ4n) is 4.35. The minimum atomic E-state index is 1.13. The van der Waals surface area contributed by atoms with Crippen LogP contribution in [-0.4, -0.2) is 44.3 Å². The molecule has 192 valence electrons. The van der Waals surface area contributed by atoms with E-state index >= 15 is 0 Å². The van der Waals surface area contributed by atoms with Crippen LogP contribution in [0.15, 0.2) is 12.4 Å². The van der Waals surface area contributed by atoms with Gasteiger partial charge >= 0.3 is 0 Å². The summed E-state index contributed by atoms with van der Waals surface area (Å²) in [6, 6.07) is 0. The third-order valence-electron chi connectivity index (χ3n) is 6.57. The van der Waals surface area contributed by atoms with Crippen molar-refractivity contribution in [3.05, 3.63) is 12.4 Å². The van der Waals surface area contributed by atoms with Gasteiger partial charge in [-0.1, -0.05) is 80.1 Å². The van der Waals surface area contributed by atoms with Crippen LogP contribution < -0.4 is 14.7 Å². The Morgan fingerprint density at radius 3 is 1.00 bits per heavy atom. The van der Waals surface area contributed by atoms with Gasteiger partial charge in [-0.3, -0.25) is 4.98 Å². The molecule has 4 nitrogen and oxygen atoms in total. The molecule has 0 aliphatic carbocycles. The van der Waals surface area contributed by atoms with Crippen LogP contribution in [0.2, 0.25) is 0 Å². The van der Waals surface area contributed by atoms with Crippen molar-refractivity contribution < 1.29 is 0 Å². The van der Waals surface area contributed by atoms with Crippen molar-refractivity contribution in [2.45, 2.75) is 119 Å². The molecule has 33 heavy (non-hydrogen) atoms. The van der Waals surface area contributed by atoms with Crippen molar-refractivity contribution in [2.75, 3.05) is 54.0 Å². The number of anilines is 3. The Hall–Kier alpha value is -1.45. The van der Waals surface area contributed by atoms with E-state index in [9.17, 15) is 0 Å². The van der Waals surface area contributed by atoms with Crippen LogP contribution in [0.25, 0.3) is 0 Å². The van der Waals surface area contributed by atoms with Gasteiger partial charge in [-0.05, 0) is 38.5 Å². The minimum Gasteiger partial charge on any atom is -0.369 e. The third-order valence-corrected chi connectivity index (χ3v) is 6.57. The number of aromatic nitrogens is 1. The fourth-order valence-corrected chi connectivity index (χ4v) is 4.35. The molecule has 0 aliphatic heterocycles. The van der Waals surface area contributed by atoms with Gasteiger partial charge < -0.3 is 14.7 Å². The zero-order chi connectivity index (χ0) is 24.3. The molecule has 1 aromatic rings. The highest BCUT2D eigenvalue weighted by Crippen LogP contribution is 2.39. The number of nitrogens with zero attached hydrogens (tertiary/aromatic N) is 4. The van der Waals surface area contributed by atoms with E-state index in [4.69, 9.17) is 4.98 Å². The van der Waals surface area contributed by atoms with Gasteiger partial charge in [-0.15, -0.1) is 0 Å². The Kier molecular flexibility index (Phi) is 17.0. The van der Waals surface area contributed by atoms with Crippen molar-refractivity contribution in [3.8, 4) is 0 Å². The summed E-state index contributed by atoms with van der Waals surface area (Å²) in [5.74, 6) is 0. The summed E-state index contributed by atoms with van der Waals surface area (Å²) >= 11 is 0. The van der Waals surface area contributed by atoms with Gasteiger partial charge in [0.15, 0.2) is 0 Å². The van der Waals surface area contributed by atoms with Gasteiger partial charge in [0.1, 0.15) is 0 Å². The van der Waals surface area contributed by atoms with Gasteiger partial charge in [0.25, 0.3) is 0 Å². The molecule has 0 radical (unpaired) electrons. The molecule has 0 aliphatic rings. The Morgan fingerprint density at radius 2 is 0.727 bits per heavy atom. The summed E-state index contributed by atoms with van der Waals surface area (Å²) in [7, 11) is 0. The standard InChI is InChI=1S/C29H56N4/c1-7-13-19-31(20-14-8-2)27-25-30-26-28(32(21-15-9-3)22-16-10-4)29(27)33(23-17-11-5)24-18-12-6/h25-26H,7-24H2,1-6H3. The predicted octanol–water partition coefficient (Wildman–Crippen LogP) is 8.30. The molecule has 1 rings (SSSR count). The van der Waals surface area contributed by atoms with E-state index in [1.54, 1.807) is 0 Å². The lowest BCUT2D eigenvalue weighted by Crippen LogP contribution is -2.35. The van der Waals surface area contributed by atoms with Crippen LogP contribution >= 0.6 is 0 Å². The lowest BCUT2D eigenvalue weighted by molar-refractivity contribution is 0.651. The highest BCUT2D eigenvalue weighted by atomic mass is 15.2. The first-order valence-electron chi connectivity index (χ1n) is 14.4. The maximum atomic E-state index is 4.85. The van der Waals surface area contributed by atoms with E-state index in [1.807, 2.05) is 0 Å². The van der Waals surface area contributed by atoms with Crippen LogP contribution in [0.3, 0.4) is 0 Å². The minimum absolute atomic E-state index is 1.13. The lowest BCUT2D eigenvalue weighted by Gasteiger charge is -2.37. The normalized spacial score (nSPS) is 11.1. The van der Waals surface area contributed by atoms with Crippen LogP contribution in [-0.2, 0) is 0 Å². The zero-order valence-corrected chi connectivity index (χ0v) is 23.2. The fraction of sp³-hybridized carbons (Fsp3) is 0.828. The molecule has 0 spiro atoms. The van der Waals surface area contributed by atoms with Gasteiger partial charge in [0.2, 0.25) is 0 Å². The number of hydrogen-bond donors (Lipinski definition) is 0. The predicted molar refractivity (Wildman–Crippen MR) is 150 cm³/mol. The molecule has 0 N–H and O–H groups in total. The molecule has 1 aromatic heterocycles. The third kappa shape index (κ3) is 10.6. The highest BCUT2D eigenvalue weighted by molar-refractivity contribution is 5.84. The highest BCUT2D eigenvalue weighted by Gasteiger charge is 2.23. The van der Waals surface area contributed by atoms with Crippen molar-refractivity contribution >= 4 is 17.1 Å². The summed E-state index contributed by atoms with van der Waals surface area (Å²) < 4.78 is 0. The number of unbranched alkanes of at least 4 members (excludes halogenated alkanes) is 6. The monoisotopic (exact) mass is 460 g/mol. The molecule has 0 unspecified atom stereocenters. The second-order valence-corrected chi connectivity index (χ2v) is 9.61. The molecule has 0 saturated heterocycles. The average Bonchev–Trinajstić information content (AvgIpc) is 2.84. The summed E-state index contributed by atoms with van der Waals surface area (Å²) in [4.78, 5) is 12.9. The van der Waals surface area contributed by atoms with Crippen molar-refractivity contribution in [3.63, 3.8) is 0 Å². The molecule has 0 amide bonds. The van der Waals surface area contributed by atoms with E-state index < -0.39 is 0 Å². The second kappa shape index (κ2) is 18.9. The van der Waals surface area contributed by atoms with Gasteiger partial charge in [0.05, 0.1) is 29.5 Å². The van der Waals surface area contributed by atoms with Gasteiger partial charge in [0, 0.05) is 39.3 Å². The summed E-state index contributed by atoms with van der Waals surface area (Å²) in [6.07, 6.45) is 19.2. The second-order valence-electron chi connectivity index (χ2n) is 9.61. The molecule has 0 aromatic carbocycles. The molecular weight excluding hydrogens is 404 g/mol. The van der Waals surface area contributed by atoms with E-state index in [0.29, 0.717) is 0 Å². The maximum Gasteiger partial charge on any atom is 0.0873 e. The van der Waals surface area contributed by atoms with Crippen molar-refractivity contribution in [2.24, 2.45) is 0 Å². The Morgan fingerprint density at radius 1 is 0.455 bits per heavy atom. The first kappa shape index (κ1) is 29.6. The molecule has 0 bridgehead atoms. The quantitative estimate of drug-likeness (QED) is 0.184. The SMILES string of the molecule is CCCCN(CCCC)c1cncc(N(CCCC)CCCC)c1N(CCCC)CCCC. The largest absolute Gasteiger partial charge is 0.369 e. The first-order valence-corrected chi connectivity index (χ1v) is 14.4. The molecule has 0 fully saturated rings. The summed E-state index contributed by atoms with van der Waals surface area (Å²) in [6.45, 7) is 20.7. The smallest absolute Gasteiger partial charge is 0.0873 e. The number of rotatable bonds is 21. The molecule has 0 atom stereocenters. The Labute approximate surface area is 207 Å². The van der Waals surface area contributed by atoms with Crippen LogP contribution in [0, 0.1) is 0 Å². The molecule has 4 heteroatoms. The van der Waals surface area contributed by atoms with Gasteiger partial charge in [-0.25, -0.2) is 0 Å². The van der Waals surface area contributed by atoms with E-state index in [-0.39, 0.29) is 0 Å². The first-order chi connectivity index (χ1) is 16.2. The zero-order valence-electron chi connectivity index (χ0n) is 23.2. The maximum absolute atomic E-state index is 4.85. The molecule has 1 heterocycles. The van der Waals surface area contributed by atoms with Gasteiger partial charge in [-0.2, -0.15) is 0 Å². The lowest BCUT2D eigenvalue weighted by atomic mass is 10.1. The molecular formula is C29H56N4. The van der Waals surface area contributed by atoms with E-state index in [1.165, 1.54) is 94.1 Å². The topological polar surface area (TPSA) is 22.6 Å². The Bertz CT molecular complexity index is 527. The summed E-state index contributed by atoms with van der Waals surface area (Å²) in [5.41, 5.74) is 4.21. The van der Waals surface area contributed by atoms with Crippen LogP contribution in [0.4, 0.5) is 17.1 Å². The number of hydrogen-bond acceptors (Lipinski definition) is 4. The van der Waals surface area contributed by atoms with E-state index in [2.05, 4.69) is 68.6 Å². The van der Waals surface area contributed by atoms with Crippen LogP contribution in [0.1, 0.15) is 119 Å².